The van der Waals surface area contributed by atoms with E-state index < -0.39 is 0 Å². The highest BCUT2D eigenvalue weighted by Gasteiger charge is 2.08. The highest BCUT2D eigenvalue weighted by Crippen LogP contribution is 2.20. The van der Waals surface area contributed by atoms with E-state index in [0.717, 1.165) is 16.4 Å². The number of hydrogen-bond donors (Lipinski definition) is 1. The quantitative estimate of drug-likeness (QED) is 0.737. The average molecular weight is 194 g/mol. The van der Waals surface area contributed by atoms with Gasteiger partial charge < -0.3 is 9.51 Å². The van der Waals surface area contributed by atoms with Crippen molar-refractivity contribution in [2.24, 2.45) is 0 Å². The molecule has 0 atom stereocenters. The minimum Gasteiger partial charge on any atom is -0.390 e. The third-order valence-electron chi connectivity index (χ3n) is 1.94. The maximum Gasteiger partial charge on any atom is 0.138 e. The van der Waals surface area contributed by atoms with Gasteiger partial charge in [-0.15, -0.1) is 11.8 Å². The van der Waals surface area contributed by atoms with Gasteiger partial charge in [-0.1, -0.05) is 6.07 Å². The molecule has 0 spiro atoms. The summed E-state index contributed by atoms with van der Waals surface area (Å²) < 4.78 is 1.91. The van der Waals surface area contributed by atoms with Crippen molar-refractivity contribution in [1.29, 1.82) is 0 Å². The normalized spacial score (nSPS) is 10.9. The number of imidazole rings is 1. The molecule has 0 fully saturated rings. The highest BCUT2D eigenvalue weighted by molar-refractivity contribution is 7.98. The van der Waals surface area contributed by atoms with Crippen molar-refractivity contribution in [3.63, 3.8) is 0 Å². The molecule has 0 radical (unpaired) electrons. The fourth-order valence-electron chi connectivity index (χ4n) is 1.33. The first-order chi connectivity index (χ1) is 6.36. The van der Waals surface area contributed by atoms with Gasteiger partial charge in [0.15, 0.2) is 0 Å². The Hall–Kier alpha value is -1.00. The number of thioether (sulfide) groups is 1. The Balaban J connectivity index is 2.73. The smallest absolute Gasteiger partial charge is 0.138 e. The summed E-state index contributed by atoms with van der Waals surface area (Å²) in [6.07, 6.45) is 3.87. The molecule has 0 aliphatic rings. The van der Waals surface area contributed by atoms with Crippen LogP contribution in [0.2, 0.25) is 0 Å². The molecule has 0 amide bonds. The Kier molecular flexibility index (Phi) is 2.24. The Morgan fingerprint density at radius 3 is 3.08 bits per heavy atom. The van der Waals surface area contributed by atoms with Crippen LogP contribution >= 0.6 is 11.8 Å². The van der Waals surface area contributed by atoms with E-state index in [1.165, 1.54) is 0 Å². The second-order valence-corrected chi connectivity index (χ2v) is 3.45. The number of nitrogens with zero attached hydrogens (tertiary/aromatic N) is 2. The Morgan fingerprint density at radius 1 is 1.54 bits per heavy atom. The van der Waals surface area contributed by atoms with E-state index in [-0.39, 0.29) is 6.61 Å². The van der Waals surface area contributed by atoms with Crippen LogP contribution in [-0.4, -0.2) is 20.7 Å². The molecule has 68 valence electrons. The van der Waals surface area contributed by atoms with E-state index in [9.17, 15) is 0 Å². The first kappa shape index (κ1) is 8.59. The molecule has 1 N–H and O–H groups in total. The van der Waals surface area contributed by atoms with Gasteiger partial charge in [0.1, 0.15) is 10.7 Å². The predicted molar refractivity (Wildman–Crippen MR) is 52.9 cm³/mol. The van der Waals surface area contributed by atoms with E-state index in [1.54, 1.807) is 11.8 Å². The summed E-state index contributed by atoms with van der Waals surface area (Å²) in [6.45, 7) is 0.0291. The van der Waals surface area contributed by atoms with Gasteiger partial charge >= 0.3 is 0 Å². The van der Waals surface area contributed by atoms with Crippen LogP contribution in [0.25, 0.3) is 5.65 Å². The van der Waals surface area contributed by atoms with Gasteiger partial charge in [-0.3, -0.25) is 0 Å². The summed E-state index contributed by atoms with van der Waals surface area (Å²) in [5.74, 6) is 0. The molecule has 2 aromatic heterocycles. The molecular weight excluding hydrogens is 184 g/mol. The predicted octanol–water partition coefficient (Wildman–Crippen LogP) is 1.55. The number of pyridine rings is 1. The number of aliphatic hydroxyl groups is 1. The molecule has 2 aromatic rings. The van der Waals surface area contributed by atoms with Crippen LogP contribution in [0, 0.1) is 0 Å². The second-order valence-electron chi connectivity index (χ2n) is 2.65. The third kappa shape index (κ3) is 1.32. The summed E-state index contributed by atoms with van der Waals surface area (Å²) in [6, 6.07) is 5.80. The number of rotatable bonds is 2. The van der Waals surface area contributed by atoms with Crippen LogP contribution in [0.1, 0.15) is 5.69 Å². The SMILES string of the molecule is CSc1nc2ccccn2c1CO. The lowest BCUT2D eigenvalue weighted by Crippen LogP contribution is -1.92. The second kappa shape index (κ2) is 3.40. The number of aromatic nitrogens is 2. The van der Waals surface area contributed by atoms with Crippen molar-refractivity contribution < 1.29 is 5.11 Å². The van der Waals surface area contributed by atoms with Crippen molar-refractivity contribution in [2.45, 2.75) is 11.6 Å². The van der Waals surface area contributed by atoms with Gasteiger partial charge in [0.05, 0.1) is 12.3 Å². The largest absolute Gasteiger partial charge is 0.390 e. The Morgan fingerprint density at radius 2 is 2.38 bits per heavy atom. The summed E-state index contributed by atoms with van der Waals surface area (Å²) in [5.41, 5.74) is 1.75. The molecule has 0 aliphatic carbocycles. The minimum atomic E-state index is 0.0291. The zero-order valence-electron chi connectivity index (χ0n) is 7.27. The van der Waals surface area contributed by atoms with E-state index in [4.69, 9.17) is 5.11 Å². The minimum absolute atomic E-state index is 0.0291. The zero-order valence-corrected chi connectivity index (χ0v) is 8.08. The van der Waals surface area contributed by atoms with E-state index in [2.05, 4.69) is 4.98 Å². The molecule has 2 heterocycles. The van der Waals surface area contributed by atoms with Crippen molar-refractivity contribution in [3.8, 4) is 0 Å². The first-order valence-corrected chi connectivity index (χ1v) is 5.20. The van der Waals surface area contributed by atoms with Crippen LogP contribution in [0.3, 0.4) is 0 Å². The number of aliphatic hydroxyl groups excluding tert-OH is 1. The molecule has 0 aliphatic heterocycles. The summed E-state index contributed by atoms with van der Waals surface area (Å²) in [7, 11) is 0. The van der Waals surface area contributed by atoms with Gasteiger partial charge in [-0.05, 0) is 18.4 Å². The fourth-order valence-corrected chi connectivity index (χ4v) is 1.92. The maximum absolute atomic E-state index is 9.16. The Bertz CT molecular complexity index is 424. The van der Waals surface area contributed by atoms with Crippen molar-refractivity contribution in [1.82, 2.24) is 9.38 Å². The third-order valence-corrected chi connectivity index (χ3v) is 2.65. The van der Waals surface area contributed by atoms with Crippen molar-refractivity contribution in [3.05, 3.63) is 30.1 Å². The molecule has 4 heteroatoms. The van der Waals surface area contributed by atoms with Gasteiger partial charge in [0.2, 0.25) is 0 Å². The standard InChI is InChI=1S/C9H10N2OS/c1-13-9-7(6-12)11-5-3-2-4-8(11)10-9/h2-5,12H,6H2,1H3. The van der Waals surface area contributed by atoms with Gasteiger partial charge in [-0.2, -0.15) is 0 Å². The van der Waals surface area contributed by atoms with Gasteiger partial charge in [0, 0.05) is 6.20 Å². The lowest BCUT2D eigenvalue weighted by molar-refractivity contribution is 0.272. The van der Waals surface area contributed by atoms with Crippen LogP contribution in [-0.2, 0) is 6.61 Å². The monoisotopic (exact) mass is 194 g/mol. The van der Waals surface area contributed by atoms with Crippen LogP contribution < -0.4 is 0 Å². The molecule has 3 nitrogen and oxygen atoms in total. The van der Waals surface area contributed by atoms with E-state index in [1.807, 2.05) is 35.1 Å². The maximum atomic E-state index is 9.16. The summed E-state index contributed by atoms with van der Waals surface area (Å²) in [5, 5.41) is 10.1. The van der Waals surface area contributed by atoms with Crippen LogP contribution in [0.15, 0.2) is 29.4 Å². The molecule has 0 unspecified atom stereocenters. The van der Waals surface area contributed by atoms with Crippen LogP contribution in [0.4, 0.5) is 0 Å². The molecule has 2 rings (SSSR count). The number of hydrogen-bond acceptors (Lipinski definition) is 3. The number of fused-ring (bicyclic) bond motifs is 1. The fraction of sp³-hybridized carbons (Fsp3) is 0.222. The van der Waals surface area contributed by atoms with E-state index >= 15 is 0 Å². The molecule has 0 aromatic carbocycles. The summed E-state index contributed by atoms with van der Waals surface area (Å²) in [4.78, 5) is 4.37. The van der Waals surface area contributed by atoms with Gasteiger partial charge in [0.25, 0.3) is 0 Å². The first-order valence-electron chi connectivity index (χ1n) is 3.97. The average Bonchev–Trinajstić information content (AvgIpc) is 2.55. The molecule has 0 saturated carbocycles. The lowest BCUT2D eigenvalue weighted by atomic mass is 10.4. The van der Waals surface area contributed by atoms with Crippen LogP contribution in [0.5, 0.6) is 0 Å². The lowest BCUT2D eigenvalue weighted by Gasteiger charge is -1.97. The molecular formula is C9H10N2OS. The van der Waals surface area contributed by atoms with E-state index in [0.29, 0.717) is 0 Å². The zero-order chi connectivity index (χ0) is 9.26. The topological polar surface area (TPSA) is 37.5 Å². The summed E-state index contributed by atoms with van der Waals surface area (Å²) >= 11 is 1.55. The van der Waals surface area contributed by atoms with Gasteiger partial charge in [-0.25, -0.2) is 4.98 Å². The molecule has 13 heavy (non-hydrogen) atoms. The Labute approximate surface area is 80.4 Å². The van der Waals surface area contributed by atoms with Crippen molar-refractivity contribution in [2.75, 3.05) is 6.26 Å². The van der Waals surface area contributed by atoms with Crippen molar-refractivity contribution >= 4 is 17.4 Å². The molecule has 0 saturated heterocycles. The molecule has 0 bridgehead atoms. The highest BCUT2D eigenvalue weighted by atomic mass is 32.2.